The second-order valence-corrected chi connectivity index (χ2v) is 5.18. The molecule has 0 unspecified atom stereocenters. The average molecular weight is 343 g/mol. The van der Waals surface area contributed by atoms with Crippen LogP contribution >= 0.6 is 11.6 Å². The summed E-state index contributed by atoms with van der Waals surface area (Å²) < 4.78 is 0. The van der Waals surface area contributed by atoms with Crippen LogP contribution in [0.25, 0.3) is 5.69 Å². The van der Waals surface area contributed by atoms with E-state index in [9.17, 15) is 9.59 Å². The second kappa shape index (κ2) is 6.47. The minimum Gasteiger partial charge on any atom is -0.366 e. The van der Waals surface area contributed by atoms with Crippen LogP contribution in [0, 0.1) is 0 Å². The van der Waals surface area contributed by atoms with Crippen molar-refractivity contribution in [1.29, 1.82) is 0 Å². The zero-order valence-corrected chi connectivity index (χ0v) is 12.9. The van der Waals surface area contributed by atoms with Crippen LogP contribution in [0.5, 0.6) is 0 Å². The van der Waals surface area contributed by atoms with Gasteiger partial charge in [-0.15, -0.1) is 15.0 Å². The van der Waals surface area contributed by atoms with E-state index < -0.39 is 11.8 Å². The number of carbonyl (C=O) groups excluding carboxylic acids is 2. The third kappa shape index (κ3) is 3.23. The van der Waals surface area contributed by atoms with E-state index in [0.29, 0.717) is 10.7 Å². The van der Waals surface area contributed by atoms with Crippen LogP contribution in [0.3, 0.4) is 0 Å². The third-order valence-electron chi connectivity index (χ3n) is 3.11. The number of nitrogens with two attached hydrogens (primary N) is 1. The first-order chi connectivity index (χ1) is 11.5. The summed E-state index contributed by atoms with van der Waals surface area (Å²) in [5, 5.41) is 14.6. The SMILES string of the molecule is NC(=O)c1ccccc1NC(=O)c1nnn(-c2ccc(Cl)cc2)n1. The Morgan fingerprint density at radius 2 is 1.79 bits per heavy atom. The molecule has 0 saturated carbocycles. The van der Waals surface area contributed by atoms with Crippen LogP contribution in [-0.2, 0) is 0 Å². The predicted molar refractivity (Wildman–Crippen MR) is 87.1 cm³/mol. The molecule has 0 saturated heterocycles. The van der Waals surface area contributed by atoms with Crippen LogP contribution in [0.1, 0.15) is 21.0 Å². The fraction of sp³-hybridized carbons (Fsp3) is 0. The lowest BCUT2D eigenvalue weighted by atomic mass is 10.1. The van der Waals surface area contributed by atoms with Gasteiger partial charge in [0.05, 0.1) is 16.9 Å². The van der Waals surface area contributed by atoms with Gasteiger partial charge in [0.25, 0.3) is 17.6 Å². The molecule has 0 fully saturated rings. The van der Waals surface area contributed by atoms with Crippen molar-refractivity contribution in [1.82, 2.24) is 20.2 Å². The smallest absolute Gasteiger partial charge is 0.297 e. The molecule has 0 spiro atoms. The van der Waals surface area contributed by atoms with E-state index >= 15 is 0 Å². The molecule has 9 heteroatoms. The Hall–Kier alpha value is -3.26. The highest BCUT2D eigenvalue weighted by Gasteiger charge is 2.16. The number of para-hydroxylation sites is 1. The number of anilines is 1. The minimum absolute atomic E-state index is 0.149. The zero-order chi connectivity index (χ0) is 17.1. The van der Waals surface area contributed by atoms with E-state index in [1.165, 1.54) is 10.9 Å². The maximum absolute atomic E-state index is 12.2. The number of halogens is 1. The summed E-state index contributed by atoms with van der Waals surface area (Å²) in [7, 11) is 0. The molecule has 0 radical (unpaired) electrons. The Kier molecular flexibility index (Phi) is 4.21. The van der Waals surface area contributed by atoms with E-state index in [2.05, 4.69) is 20.7 Å². The number of aromatic nitrogens is 4. The molecule has 0 aliphatic heterocycles. The number of rotatable bonds is 4. The topological polar surface area (TPSA) is 116 Å². The molecule has 3 rings (SSSR count). The van der Waals surface area contributed by atoms with Gasteiger partial charge in [0, 0.05) is 5.02 Å². The normalized spacial score (nSPS) is 10.4. The first-order valence-electron chi connectivity index (χ1n) is 6.81. The average Bonchev–Trinajstić information content (AvgIpc) is 3.06. The van der Waals surface area contributed by atoms with Gasteiger partial charge in [-0.1, -0.05) is 23.7 Å². The molecule has 0 atom stereocenters. The molecule has 3 N–H and O–H groups in total. The van der Waals surface area contributed by atoms with Gasteiger partial charge in [-0.05, 0) is 41.6 Å². The molecule has 120 valence electrons. The summed E-state index contributed by atoms with van der Waals surface area (Å²) in [6, 6.07) is 13.1. The minimum atomic E-state index is -0.649. The lowest BCUT2D eigenvalue weighted by Gasteiger charge is -2.06. The summed E-state index contributed by atoms with van der Waals surface area (Å²) in [4.78, 5) is 24.8. The quantitative estimate of drug-likeness (QED) is 0.748. The molecule has 3 aromatic rings. The highest BCUT2D eigenvalue weighted by atomic mass is 35.5. The van der Waals surface area contributed by atoms with Crippen LogP contribution in [-0.4, -0.2) is 32.0 Å². The van der Waals surface area contributed by atoms with Gasteiger partial charge in [0.1, 0.15) is 0 Å². The number of amides is 2. The summed E-state index contributed by atoms with van der Waals surface area (Å²) in [5.74, 6) is -1.41. The molecule has 24 heavy (non-hydrogen) atoms. The van der Waals surface area contributed by atoms with Crippen molar-refractivity contribution in [3.8, 4) is 5.69 Å². The number of benzene rings is 2. The molecule has 1 aromatic heterocycles. The standard InChI is InChI=1S/C15H11ClN6O2/c16-9-5-7-10(8-6-9)22-20-14(19-21-22)15(24)18-12-4-2-1-3-11(12)13(17)23/h1-8H,(H2,17,23)(H,18,24). The number of nitrogens with one attached hydrogen (secondary N) is 1. The predicted octanol–water partition coefficient (Wildman–Crippen LogP) is 1.67. The third-order valence-corrected chi connectivity index (χ3v) is 3.37. The van der Waals surface area contributed by atoms with Crippen molar-refractivity contribution < 1.29 is 9.59 Å². The van der Waals surface area contributed by atoms with Gasteiger partial charge in [0.2, 0.25) is 0 Å². The van der Waals surface area contributed by atoms with Gasteiger partial charge in [-0.25, -0.2) is 0 Å². The molecule has 0 aliphatic rings. The molecule has 8 nitrogen and oxygen atoms in total. The molecular weight excluding hydrogens is 332 g/mol. The molecule has 0 aliphatic carbocycles. The maximum Gasteiger partial charge on any atom is 0.297 e. The van der Waals surface area contributed by atoms with Crippen LogP contribution in [0.4, 0.5) is 5.69 Å². The van der Waals surface area contributed by atoms with Crippen molar-refractivity contribution in [2.75, 3.05) is 5.32 Å². The summed E-state index contributed by atoms with van der Waals surface area (Å²) >= 11 is 5.82. The Morgan fingerprint density at radius 1 is 1.08 bits per heavy atom. The molecule has 1 heterocycles. The monoisotopic (exact) mass is 342 g/mol. The number of hydrogen-bond donors (Lipinski definition) is 2. The number of hydrogen-bond acceptors (Lipinski definition) is 5. The second-order valence-electron chi connectivity index (χ2n) is 4.74. The van der Waals surface area contributed by atoms with Crippen LogP contribution in [0.15, 0.2) is 48.5 Å². The summed E-state index contributed by atoms with van der Waals surface area (Å²) in [6.07, 6.45) is 0. The van der Waals surface area contributed by atoms with Crippen molar-refractivity contribution in [3.05, 3.63) is 64.9 Å². The first kappa shape index (κ1) is 15.6. The lowest BCUT2D eigenvalue weighted by Crippen LogP contribution is -2.19. The fourth-order valence-corrected chi connectivity index (χ4v) is 2.10. The van der Waals surface area contributed by atoms with Crippen molar-refractivity contribution in [2.45, 2.75) is 0 Å². The van der Waals surface area contributed by atoms with E-state index in [1.54, 1.807) is 42.5 Å². The Bertz CT molecular complexity index is 906. The molecular formula is C15H11ClN6O2. The van der Waals surface area contributed by atoms with Gasteiger partial charge in [0.15, 0.2) is 0 Å². The summed E-state index contributed by atoms with van der Waals surface area (Å²) in [5.41, 5.74) is 6.34. The van der Waals surface area contributed by atoms with Crippen LogP contribution in [0.2, 0.25) is 5.02 Å². The van der Waals surface area contributed by atoms with Crippen LogP contribution < -0.4 is 11.1 Å². The van der Waals surface area contributed by atoms with Gasteiger partial charge < -0.3 is 11.1 Å². The number of primary amides is 1. The Balaban J connectivity index is 1.82. The van der Waals surface area contributed by atoms with Gasteiger partial charge >= 0.3 is 0 Å². The number of tetrazole rings is 1. The van der Waals surface area contributed by atoms with Gasteiger partial charge in [-0.2, -0.15) is 0 Å². The summed E-state index contributed by atoms with van der Waals surface area (Å²) in [6.45, 7) is 0. The molecule has 2 amide bonds. The number of carbonyl (C=O) groups is 2. The lowest BCUT2D eigenvalue weighted by molar-refractivity contribution is 0.100. The Morgan fingerprint density at radius 3 is 2.50 bits per heavy atom. The Labute approximate surface area is 141 Å². The number of nitrogens with zero attached hydrogens (tertiary/aromatic N) is 4. The fourth-order valence-electron chi connectivity index (χ4n) is 1.97. The van der Waals surface area contributed by atoms with E-state index in [1.807, 2.05) is 0 Å². The van der Waals surface area contributed by atoms with E-state index in [4.69, 9.17) is 17.3 Å². The molecule has 2 aromatic carbocycles. The molecule has 0 bridgehead atoms. The zero-order valence-electron chi connectivity index (χ0n) is 12.2. The maximum atomic E-state index is 12.2. The van der Waals surface area contributed by atoms with E-state index in [0.717, 1.165) is 0 Å². The van der Waals surface area contributed by atoms with Crippen molar-refractivity contribution >= 4 is 29.1 Å². The first-order valence-corrected chi connectivity index (χ1v) is 7.18. The largest absolute Gasteiger partial charge is 0.366 e. The van der Waals surface area contributed by atoms with E-state index in [-0.39, 0.29) is 17.1 Å². The van der Waals surface area contributed by atoms with Crippen molar-refractivity contribution in [2.24, 2.45) is 5.73 Å². The van der Waals surface area contributed by atoms with Crippen molar-refractivity contribution in [3.63, 3.8) is 0 Å². The highest BCUT2D eigenvalue weighted by Crippen LogP contribution is 2.15. The van der Waals surface area contributed by atoms with Gasteiger partial charge in [-0.3, -0.25) is 9.59 Å². The highest BCUT2D eigenvalue weighted by molar-refractivity contribution is 6.30.